The van der Waals surface area contributed by atoms with E-state index in [2.05, 4.69) is 37.1 Å². The summed E-state index contributed by atoms with van der Waals surface area (Å²) in [5.74, 6) is 1.53. The Morgan fingerprint density at radius 1 is 1.17 bits per heavy atom. The average molecular weight is 311 g/mol. The lowest BCUT2D eigenvalue weighted by molar-refractivity contribution is 0.312. The molecule has 2 N–H and O–H groups in total. The molecule has 2 aromatic heterocycles. The molecule has 2 aromatic rings. The number of hydrogen-bond donors (Lipinski definition) is 2. The van der Waals surface area contributed by atoms with Crippen LogP contribution in [0.2, 0.25) is 0 Å². The molecule has 1 aliphatic heterocycles. The van der Waals surface area contributed by atoms with E-state index in [1.165, 1.54) is 6.21 Å². The molecule has 0 unspecified atom stereocenters. The van der Waals surface area contributed by atoms with E-state index in [9.17, 15) is 0 Å². The van der Waals surface area contributed by atoms with Crippen molar-refractivity contribution in [1.29, 1.82) is 5.41 Å². The summed E-state index contributed by atoms with van der Waals surface area (Å²) in [6.07, 6.45) is 6.44. The van der Waals surface area contributed by atoms with E-state index in [1.807, 2.05) is 12.1 Å². The van der Waals surface area contributed by atoms with Crippen molar-refractivity contribution in [2.45, 2.75) is 6.54 Å². The highest BCUT2D eigenvalue weighted by Gasteiger charge is 2.19. The van der Waals surface area contributed by atoms with Gasteiger partial charge in [-0.15, -0.1) is 0 Å². The van der Waals surface area contributed by atoms with Crippen molar-refractivity contribution in [2.24, 2.45) is 0 Å². The van der Waals surface area contributed by atoms with Crippen LogP contribution in [0.15, 0.2) is 30.9 Å². The minimum atomic E-state index is 0.641. The normalized spacial score (nSPS) is 15.4. The molecule has 3 heterocycles. The minimum absolute atomic E-state index is 0.641. The number of nitrogens with zero attached hydrogens (tertiary/aromatic N) is 5. The van der Waals surface area contributed by atoms with Crippen molar-refractivity contribution in [3.05, 3.63) is 42.0 Å². The van der Waals surface area contributed by atoms with Crippen LogP contribution >= 0.6 is 0 Å². The van der Waals surface area contributed by atoms with E-state index < -0.39 is 0 Å². The van der Waals surface area contributed by atoms with Gasteiger partial charge in [0.2, 0.25) is 0 Å². The molecule has 0 amide bonds. The zero-order valence-corrected chi connectivity index (χ0v) is 13.2. The van der Waals surface area contributed by atoms with E-state index >= 15 is 0 Å². The van der Waals surface area contributed by atoms with Crippen LogP contribution in [0.4, 0.5) is 11.6 Å². The van der Waals surface area contributed by atoms with Crippen LogP contribution in [0.3, 0.4) is 0 Å². The summed E-state index contributed by atoms with van der Waals surface area (Å²) < 4.78 is 0. The minimum Gasteiger partial charge on any atom is -0.365 e. The smallest absolute Gasteiger partial charge is 0.143 e. The van der Waals surface area contributed by atoms with E-state index in [4.69, 9.17) is 5.41 Å². The quantitative estimate of drug-likeness (QED) is 0.809. The lowest BCUT2D eigenvalue weighted by atomic mass is 10.2. The van der Waals surface area contributed by atoms with Crippen LogP contribution in [0, 0.1) is 5.41 Å². The molecule has 0 aliphatic carbocycles. The van der Waals surface area contributed by atoms with Gasteiger partial charge in [0, 0.05) is 51.3 Å². The number of pyridine rings is 1. The van der Waals surface area contributed by atoms with E-state index in [0.717, 1.165) is 43.1 Å². The monoisotopic (exact) mass is 311 g/mol. The highest BCUT2D eigenvalue weighted by atomic mass is 15.3. The fraction of sp³-hybridized carbons (Fsp3) is 0.375. The maximum Gasteiger partial charge on any atom is 0.143 e. The standard InChI is InChI=1S/C16H21N7/c1-22-6-8-23(9-7-22)16-14(10-17)15(20-12-21-16)19-11-13-2-4-18-5-3-13/h2-5,10,12,17H,6-9,11H2,1H3,(H,19,20,21). The Morgan fingerprint density at radius 2 is 1.91 bits per heavy atom. The summed E-state index contributed by atoms with van der Waals surface area (Å²) in [7, 11) is 2.12. The molecule has 7 nitrogen and oxygen atoms in total. The first-order valence-electron chi connectivity index (χ1n) is 7.69. The number of nitrogens with one attached hydrogen (secondary N) is 2. The second-order valence-corrected chi connectivity index (χ2v) is 5.60. The van der Waals surface area contributed by atoms with Gasteiger partial charge in [0.15, 0.2) is 0 Å². The maximum absolute atomic E-state index is 7.77. The van der Waals surface area contributed by atoms with Gasteiger partial charge in [-0.2, -0.15) is 0 Å². The van der Waals surface area contributed by atoms with Crippen LogP contribution in [-0.4, -0.2) is 59.3 Å². The molecule has 7 heteroatoms. The molecule has 0 saturated carbocycles. The van der Waals surface area contributed by atoms with E-state index in [-0.39, 0.29) is 0 Å². The number of anilines is 2. The van der Waals surface area contributed by atoms with Gasteiger partial charge in [0.05, 0.1) is 5.56 Å². The lowest BCUT2D eigenvalue weighted by Crippen LogP contribution is -2.45. The first-order chi connectivity index (χ1) is 11.3. The maximum atomic E-state index is 7.77. The molecule has 1 aliphatic rings. The van der Waals surface area contributed by atoms with E-state index in [0.29, 0.717) is 12.4 Å². The molecule has 1 saturated heterocycles. The van der Waals surface area contributed by atoms with Crippen molar-refractivity contribution < 1.29 is 0 Å². The largest absolute Gasteiger partial charge is 0.365 e. The Hall–Kier alpha value is -2.54. The van der Waals surface area contributed by atoms with Gasteiger partial charge in [0.25, 0.3) is 0 Å². The molecular formula is C16H21N7. The third-order valence-corrected chi connectivity index (χ3v) is 4.02. The van der Waals surface area contributed by atoms with Gasteiger partial charge >= 0.3 is 0 Å². The predicted octanol–water partition coefficient (Wildman–Crippen LogP) is 1.23. The molecular weight excluding hydrogens is 290 g/mol. The van der Waals surface area contributed by atoms with Crippen molar-refractivity contribution in [1.82, 2.24) is 19.9 Å². The van der Waals surface area contributed by atoms with Gasteiger partial charge in [-0.1, -0.05) is 0 Å². The molecule has 0 atom stereocenters. The third kappa shape index (κ3) is 3.62. The SMILES string of the molecule is CN1CCN(c2ncnc(NCc3ccncc3)c2C=N)CC1. The van der Waals surface area contributed by atoms with Crippen molar-refractivity contribution in [2.75, 3.05) is 43.4 Å². The number of piperazine rings is 1. The second-order valence-electron chi connectivity index (χ2n) is 5.60. The van der Waals surface area contributed by atoms with Gasteiger partial charge in [-0.05, 0) is 24.7 Å². The summed E-state index contributed by atoms with van der Waals surface area (Å²) >= 11 is 0. The van der Waals surface area contributed by atoms with Crippen LogP contribution < -0.4 is 10.2 Å². The second kappa shape index (κ2) is 7.15. The lowest BCUT2D eigenvalue weighted by Gasteiger charge is -2.34. The average Bonchev–Trinajstić information content (AvgIpc) is 2.61. The summed E-state index contributed by atoms with van der Waals surface area (Å²) in [4.78, 5) is 17.3. The number of rotatable bonds is 5. The highest BCUT2D eigenvalue weighted by Crippen LogP contribution is 2.23. The Bertz CT molecular complexity index is 651. The first kappa shape index (κ1) is 15.4. The Kier molecular flexibility index (Phi) is 4.77. The van der Waals surface area contributed by atoms with Crippen LogP contribution in [0.25, 0.3) is 0 Å². The summed E-state index contributed by atoms with van der Waals surface area (Å²) in [5, 5.41) is 11.1. The Balaban J connectivity index is 1.78. The van der Waals surface area contributed by atoms with Crippen molar-refractivity contribution >= 4 is 17.9 Å². The van der Waals surface area contributed by atoms with Gasteiger partial charge < -0.3 is 20.5 Å². The summed E-state index contributed by atoms with van der Waals surface area (Å²) in [6, 6.07) is 3.92. The number of hydrogen-bond acceptors (Lipinski definition) is 7. The zero-order valence-electron chi connectivity index (χ0n) is 13.2. The number of aromatic nitrogens is 3. The summed E-state index contributed by atoms with van der Waals surface area (Å²) in [5.41, 5.74) is 1.86. The molecule has 0 radical (unpaired) electrons. The predicted molar refractivity (Wildman–Crippen MR) is 91.2 cm³/mol. The molecule has 0 bridgehead atoms. The first-order valence-corrected chi connectivity index (χ1v) is 7.69. The molecule has 0 aromatic carbocycles. The molecule has 0 spiro atoms. The zero-order chi connectivity index (χ0) is 16.1. The molecule has 120 valence electrons. The fourth-order valence-electron chi connectivity index (χ4n) is 2.62. The van der Waals surface area contributed by atoms with Crippen molar-refractivity contribution in [3.8, 4) is 0 Å². The van der Waals surface area contributed by atoms with Crippen LogP contribution in [0.1, 0.15) is 11.1 Å². The van der Waals surface area contributed by atoms with Gasteiger partial charge in [0.1, 0.15) is 18.0 Å². The van der Waals surface area contributed by atoms with Gasteiger partial charge in [-0.25, -0.2) is 9.97 Å². The van der Waals surface area contributed by atoms with Crippen molar-refractivity contribution in [3.63, 3.8) is 0 Å². The molecule has 1 fully saturated rings. The Morgan fingerprint density at radius 3 is 2.61 bits per heavy atom. The van der Waals surface area contributed by atoms with Crippen LogP contribution in [-0.2, 0) is 6.54 Å². The highest BCUT2D eigenvalue weighted by molar-refractivity contribution is 5.91. The van der Waals surface area contributed by atoms with E-state index in [1.54, 1.807) is 18.7 Å². The third-order valence-electron chi connectivity index (χ3n) is 4.02. The summed E-state index contributed by atoms with van der Waals surface area (Å²) in [6.45, 7) is 4.47. The fourth-order valence-corrected chi connectivity index (χ4v) is 2.62. The molecule has 3 rings (SSSR count). The van der Waals surface area contributed by atoms with Gasteiger partial charge in [-0.3, -0.25) is 4.98 Å². The molecule has 23 heavy (non-hydrogen) atoms. The topological polar surface area (TPSA) is 81.0 Å². The Labute approximate surface area is 135 Å². The number of likely N-dealkylation sites (N-methyl/N-ethyl adjacent to an activating group) is 1. The van der Waals surface area contributed by atoms with Crippen LogP contribution in [0.5, 0.6) is 0 Å².